The minimum Gasteiger partial charge on any atom is -0.497 e. The zero-order chi connectivity index (χ0) is 19.7. The number of methoxy groups -OCH3 is 2. The zero-order valence-corrected chi connectivity index (χ0v) is 16.0. The Morgan fingerprint density at radius 1 is 1.21 bits per heavy atom. The fourth-order valence-corrected chi connectivity index (χ4v) is 3.76. The molecule has 7 nitrogen and oxygen atoms in total. The third-order valence-electron chi connectivity index (χ3n) is 5.25. The molecule has 0 bridgehead atoms. The number of anilines is 2. The van der Waals surface area contributed by atoms with Crippen molar-refractivity contribution in [2.75, 3.05) is 37.5 Å². The van der Waals surface area contributed by atoms with E-state index in [2.05, 4.69) is 27.3 Å². The normalized spacial score (nSPS) is 20.8. The summed E-state index contributed by atoms with van der Waals surface area (Å²) in [6, 6.07) is 11.4. The van der Waals surface area contributed by atoms with Gasteiger partial charge in [-0.05, 0) is 30.7 Å². The van der Waals surface area contributed by atoms with Crippen LogP contribution in [-0.4, -0.2) is 45.5 Å². The van der Waals surface area contributed by atoms with Crippen molar-refractivity contribution >= 4 is 23.5 Å². The van der Waals surface area contributed by atoms with Crippen LogP contribution in [0.2, 0.25) is 0 Å². The molecule has 0 spiro atoms. The van der Waals surface area contributed by atoms with Gasteiger partial charge in [-0.3, -0.25) is 4.99 Å². The van der Waals surface area contributed by atoms with E-state index in [-0.39, 0.29) is 6.04 Å². The maximum absolute atomic E-state index is 11.7. The molecule has 2 heterocycles. The number of carbonyl (C=O) groups excluding carboxylic acids is 1. The molecule has 4 rings (SSSR count). The van der Waals surface area contributed by atoms with Crippen molar-refractivity contribution in [1.29, 1.82) is 0 Å². The highest BCUT2D eigenvalue weighted by Crippen LogP contribution is 2.40. The molecule has 1 fully saturated rings. The maximum atomic E-state index is 11.7. The molecule has 146 valence electrons. The Balaban J connectivity index is 1.65. The van der Waals surface area contributed by atoms with Crippen LogP contribution in [0.1, 0.15) is 23.6 Å². The van der Waals surface area contributed by atoms with Gasteiger partial charge in [0, 0.05) is 48.1 Å². The van der Waals surface area contributed by atoms with E-state index in [4.69, 9.17) is 15.2 Å². The van der Waals surface area contributed by atoms with Gasteiger partial charge >= 0.3 is 0 Å². The Hall–Kier alpha value is -3.06. The van der Waals surface area contributed by atoms with E-state index in [0.717, 1.165) is 42.7 Å². The summed E-state index contributed by atoms with van der Waals surface area (Å²) in [6.07, 6.45) is 1.84. The first-order chi connectivity index (χ1) is 13.6. The highest BCUT2D eigenvalue weighted by molar-refractivity contribution is 6.11. The molecule has 0 amide bonds. The van der Waals surface area contributed by atoms with Gasteiger partial charge in [0.15, 0.2) is 0 Å². The van der Waals surface area contributed by atoms with Crippen molar-refractivity contribution in [3.63, 3.8) is 0 Å². The van der Waals surface area contributed by atoms with Crippen LogP contribution in [0.4, 0.5) is 11.4 Å². The minimum atomic E-state index is -0.636. The molecule has 0 aliphatic carbocycles. The number of benzene rings is 2. The van der Waals surface area contributed by atoms with Gasteiger partial charge in [-0.1, -0.05) is 0 Å². The Labute approximate surface area is 164 Å². The van der Waals surface area contributed by atoms with Crippen molar-refractivity contribution in [3.8, 4) is 11.5 Å². The molecular weight excluding hydrogens is 356 g/mol. The number of hydrogen-bond acceptors (Lipinski definition) is 7. The number of aldehydes is 1. The molecule has 0 radical (unpaired) electrons. The third kappa shape index (κ3) is 3.29. The van der Waals surface area contributed by atoms with E-state index < -0.39 is 6.04 Å². The van der Waals surface area contributed by atoms with E-state index >= 15 is 0 Å². The van der Waals surface area contributed by atoms with E-state index in [1.165, 1.54) is 0 Å². The highest BCUT2D eigenvalue weighted by Gasteiger charge is 2.27. The van der Waals surface area contributed by atoms with E-state index in [9.17, 15) is 4.79 Å². The monoisotopic (exact) mass is 380 g/mol. The average Bonchev–Trinajstić information content (AvgIpc) is 3.18. The predicted molar refractivity (Wildman–Crippen MR) is 110 cm³/mol. The van der Waals surface area contributed by atoms with Gasteiger partial charge in [0.2, 0.25) is 0 Å². The number of aliphatic imine (C=N–C) groups is 1. The van der Waals surface area contributed by atoms with Crippen molar-refractivity contribution in [1.82, 2.24) is 0 Å². The highest BCUT2D eigenvalue weighted by atomic mass is 16.5. The molecule has 7 heteroatoms. The van der Waals surface area contributed by atoms with Gasteiger partial charge in [-0.15, -0.1) is 0 Å². The number of nitrogens with one attached hydrogen (secondary N) is 1. The molecule has 1 saturated heterocycles. The van der Waals surface area contributed by atoms with Crippen LogP contribution in [0, 0.1) is 0 Å². The predicted octanol–water partition coefficient (Wildman–Crippen LogP) is 2.35. The van der Waals surface area contributed by atoms with E-state index in [1.807, 2.05) is 18.2 Å². The summed E-state index contributed by atoms with van der Waals surface area (Å²) in [5, 5.41) is 3.32. The molecule has 0 aromatic heterocycles. The van der Waals surface area contributed by atoms with Crippen LogP contribution in [0.3, 0.4) is 0 Å². The lowest BCUT2D eigenvalue weighted by Crippen LogP contribution is -2.26. The van der Waals surface area contributed by atoms with Gasteiger partial charge in [0.05, 0.1) is 19.9 Å². The van der Waals surface area contributed by atoms with Crippen LogP contribution < -0.4 is 25.4 Å². The quantitative estimate of drug-likeness (QED) is 0.774. The number of fused-ring (bicyclic) bond motifs is 1. The van der Waals surface area contributed by atoms with Gasteiger partial charge in [0.1, 0.15) is 29.7 Å². The first-order valence-corrected chi connectivity index (χ1v) is 9.30. The second-order valence-corrected chi connectivity index (χ2v) is 7.02. The molecule has 2 aromatic carbocycles. The Morgan fingerprint density at radius 2 is 2.00 bits per heavy atom. The molecule has 2 aliphatic heterocycles. The van der Waals surface area contributed by atoms with Crippen LogP contribution >= 0.6 is 0 Å². The molecule has 2 unspecified atom stereocenters. The second kappa shape index (κ2) is 7.52. The SMILES string of the molecule is COc1cc2c(c(OC)c1)C(C=O)N=C(c1ccc(N3CCC(N)C3)cc1)N2. The number of carbonyl (C=O) groups is 1. The van der Waals surface area contributed by atoms with Crippen molar-refractivity contribution in [3.05, 3.63) is 47.5 Å². The second-order valence-electron chi connectivity index (χ2n) is 7.02. The molecular formula is C21H24N4O3. The molecule has 3 N–H and O–H groups in total. The average molecular weight is 380 g/mol. The van der Waals surface area contributed by atoms with Crippen LogP contribution in [0.25, 0.3) is 0 Å². The third-order valence-corrected chi connectivity index (χ3v) is 5.25. The lowest BCUT2D eigenvalue weighted by molar-refractivity contribution is -0.108. The van der Waals surface area contributed by atoms with Crippen molar-refractivity contribution in [2.24, 2.45) is 10.7 Å². The van der Waals surface area contributed by atoms with Gasteiger partial charge in [-0.2, -0.15) is 0 Å². The smallest absolute Gasteiger partial charge is 0.149 e. The fraction of sp³-hybridized carbons (Fsp3) is 0.333. The number of rotatable bonds is 5. The first-order valence-electron chi connectivity index (χ1n) is 9.30. The fourth-order valence-electron chi connectivity index (χ4n) is 3.76. The summed E-state index contributed by atoms with van der Waals surface area (Å²) in [5.41, 5.74) is 9.53. The zero-order valence-electron chi connectivity index (χ0n) is 16.0. The molecule has 0 saturated carbocycles. The summed E-state index contributed by atoms with van der Waals surface area (Å²) in [4.78, 5) is 18.6. The topological polar surface area (TPSA) is 89.2 Å². The number of nitrogens with two attached hydrogens (primary N) is 1. The van der Waals surface area contributed by atoms with Gasteiger partial charge < -0.3 is 30.2 Å². The number of ether oxygens (including phenoxy) is 2. The van der Waals surface area contributed by atoms with Crippen LogP contribution in [0.5, 0.6) is 11.5 Å². The Bertz CT molecular complexity index is 911. The summed E-state index contributed by atoms with van der Waals surface area (Å²) in [5.74, 6) is 1.86. The molecule has 2 aromatic rings. The molecule has 28 heavy (non-hydrogen) atoms. The standard InChI is InChI=1S/C21H24N4O3/c1-27-16-9-17-20(19(10-16)28-2)18(12-26)24-21(23-17)13-3-5-15(6-4-13)25-8-7-14(22)11-25/h3-6,9-10,12,14,18H,7-8,11,22H2,1-2H3,(H,23,24). The molecule has 2 atom stereocenters. The minimum absolute atomic E-state index is 0.235. The van der Waals surface area contributed by atoms with Crippen LogP contribution in [-0.2, 0) is 4.79 Å². The van der Waals surface area contributed by atoms with Crippen LogP contribution in [0.15, 0.2) is 41.4 Å². The lowest BCUT2D eigenvalue weighted by Gasteiger charge is -2.25. The van der Waals surface area contributed by atoms with E-state index in [0.29, 0.717) is 22.9 Å². The summed E-state index contributed by atoms with van der Waals surface area (Å²) in [6.45, 7) is 1.85. The maximum Gasteiger partial charge on any atom is 0.149 e. The lowest BCUT2D eigenvalue weighted by atomic mass is 10.0. The summed E-state index contributed by atoms with van der Waals surface area (Å²) >= 11 is 0. The Kier molecular flexibility index (Phi) is 4.92. The largest absolute Gasteiger partial charge is 0.497 e. The van der Waals surface area contributed by atoms with Crippen molar-refractivity contribution < 1.29 is 14.3 Å². The number of amidine groups is 1. The Morgan fingerprint density at radius 3 is 2.61 bits per heavy atom. The number of nitrogens with zero attached hydrogens (tertiary/aromatic N) is 2. The first kappa shape index (κ1) is 18.3. The van der Waals surface area contributed by atoms with Gasteiger partial charge in [0.25, 0.3) is 0 Å². The number of hydrogen-bond donors (Lipinski definition) is 2. The van der Waals surface area contributed by atoms with Gasteiger partial charge in [-0.25, -0.2) is 0 Å². The summed E-state index contributed by atoms with van der Waals surface area (Å²) < 4.78 is 10.8. The van der Waals surface area contributed by atoms with Crippen molar-refractivity contribution in [2.45, 2.75) is 18.5 Å². The summed E-state index contributed by atoms with van der Waals surface area (Å²) in [7, 11) is 3.16. The van der Waals surface area contributed by atoms with E-state index in [1.54, 1.807) is 20.3 Å². The molecule has 2 aliphatic rings.